The van der Waals surface area contributed by atoms with Crippen molar-refractivity contribution in [3.63, 3.8) is 0 Å². The predicted molar refractivity (Wildman–Crippen MR) is 112 cm³/mol. The zero-order chi connectivity index (χ0) is 18.8. The highest BCUT2D eigenvalue weighted by atomic mass is 35.5. The van der Waals surface area contributed by atoms with Gasteiger partial charge in [0.25, 0.3) is 0 Å². The molecule has 2 aliphatic rings. The van der Waals surface area contributed by atoms with Crippen LogP contribution < -0.4 is 9.80 Å². The second-order valence-electron chi connectivity index (χ2n) is 7.48. The van der Waals surface area contributed by atoms with Crippen LogP contribution in [0.3, 0.4) is 0 Å². The molecule has 0 spiro atoms. The molecule has 0 unspecified atom stereocenters. The van der Waals surface area contributed by atoms with E-state index < -0.39 is 0 Å². The van der Waals surface area contributed by atoms with Crippen molar-refractivity contribution < 1.29 is 4.79 Å². The normalized spacial score (nSPS) is 17.0. The van der Waals surface area contributed by atoms with E-state index in [2.05, 4.69) is 34.9 Å². The van der Waals surface area contributed by atoms with E-state index in [0.29, 0.717) is 6.54 Å². The number of para-hydroxylation sites is 1. The second-order valence-corrected chi connectivity index (χ2v) is 7.88. The van der Waals surface area contributed by atoms with Crippen LogP contribution in [0.25, 0.3) is 0 Å². The van der Waals surface area contributed by atoms with Crippen LogP contribution in [0.5, 0.6) is 0 Å². The Bertz CT molecular complexity index is 830. The van der Waals surface area contributed by atoms with E-state index in [0.717, 1.165) is 56.3 Å². The first-order chi connectivity index (χ1) is 13.1. The zero-order valence-electron chi connectivity index (χ0n) is 15.8. The number of carbonyl (C=O) groups excluding carboxylic acids is 1. The number of amides is 1. The van der Waals surface area contributed by atoms with Gasteiger partial charge in [-0.15, -0.1) is 0 Å². The Labute approximate surface area is 166 Å². The maximum Gasteiger partial charge on any atom is 0.242 e. The van der Waals surface area contributed by atoms with Gasteiger partial charge in [-0.25, -0.2) is 0 Å². The van der Waals surface area contributed by atoms with E-state index in [1.165, 1.54) is 16.8 Å². The lowest BCUT2D eigenvalue weighted by Crippen LogP contribution is -2.51. The number of piperazine rings is 1. The van der Waals surface area contributed by atoms with Gasteiger partial charge in [-0.1, -0.05) is 41.4 Å². The molecular weight excluding hydrogens is 358 g/mol. The molecule has 0 N–H and O–H groups in total. The summed E-state index contributed by atoms with van der Waals surface area (Å²) < 4.78 is 0. The zero-order valence-corrected chi connectivity index (χ0v) is 16.6. The molecule has 2 aromatic carbocycles. The van der Waals surface area contributed by atoms with Crippen molar-refractivity contribution in [2.45, 2.75) is 19.8 Å². The first-order valence-corrected chi connectivity index (χ1v) is 10.1. The van der Waals surface area contributed by atoms with Gasteiger partial charge in [0.15, 0.2) is 0 Å². The SMILES string of the molecule is Cc1ccc2c(c1)CCCN2CC(=O)N1CCN(c2ccccc2Cl)CC1. The first kappa shape index (κ1) is 18.2. The summed E-state index contributed by atoms with van der Waals surface area (Å²) in [5.74, 6) is 0.224. The summed E-state index contributed by atoms with van der Waals surface area (Å²) in [5.41, 5.74) is 4.96. The molecule has 2 heterocycles. The molecule has 2 aliphatic heterocycles. The Morgan fingerprint density at radius 1 is 1.00 bits per heavy atom. The lowest BCUT2D eigenvalue weighted by Gasteiger charge is -2.38. The van der Waals surface area contributed by atoms with Crippen LogP contribution in [0.15, 0.2) is 42.5 Å². The number of fused-ring (bicyclic) bond motifs is 1. The fourth-order valence-electron chi connectivity index (χ4n) is 4.14. The Morgan fingerprint density at radius 2 is 1.78 bits per heavy atom. The average molecular weight is 384 g/mol. The fraction of sp³-hybridized carbons (Fsp3) is 0.409. The summed E-state index contributed by atoms with van der Waals surface area (Å²) in [4.78, 5) is 19.4. The van der Waals surface area contributed by atoms with Gasteiger partial charge in [0.2, 0.25) is 5.91 Å². The second kappa shape index (κ2) is 7.81. The number of anilines is 2. The Kier molecular flexibility index (Phi) is 5.26. The monoisotopic (exact) mass is 383 g/mol. The topological polar surface area (TPSA) is 26.8 Å². The van der Waals surface area contributed by atoms with Gasteiger partial charge in [0, 0.05) is 38.4 Å². The van der Waals surface area contributed by atoms with Crippen LogP contribution in [0, 0.1) is 6.92 Å². The number of carbonyl (C=O) groups is 1. The third kappa shape index (κ3) is 3.91. The number of hydrogen-bond acceptors (Lipinski definition) is 3. The summed E-state index contributed by atoms with van der Waals surface area (Å²) in [7, 11) is 0. The highest BCUT2D eigenvalue weighted by Crippen LogP contribution is 2.28. The van der Waals surface area contributed by atoms with Crippen LogP contribution in [0.1, 0.15) is 17.5 Å². The van der Waals surface area contributed by atoms with Crippen molar-refractivity contribution in [3.05, 3.63) is 58.6 Å². The van der Waals surface area contributed by atoms with Gasteiger partial charge in [-0.05, 0) is 43.5 Å². The lowest BCUT2D eigenvalue weighted by molar-refractivity contribution is -0.130. The molecular formula is C22H26ClN3O. The van der Waals surface area contributed by atoms with Crippen LogP contribution >= 0.6 is 11.6 Å². The lowest BCUT2D eigenvalue weighted by atomic mass is 9.99. The molecule has 0 aromatic heterocycles. The van der Waals surface area contributed by atoms with Crippen molar-refractivity contribution in [3.8, 4) is 0 Å². The van der Waals surface area contributed by atoms with Gasteiger partial charge >= 0.3 is 0 Å². The average Bonchev–Trinajstić information content (AvgIpc) is 2.68. The molecule has 27 heavy (non-hydrogen) atoms. The van der Waals surface area contributed by atoms with Gasteiger partial charge < -0.3 is 14.7 Å². The molecule has 5 heteroatoms. The van der Waals surface area contributed by atoms with Gasteiger partial charge in [0.05, 0.1) is 17.3 Å². The molecule has 1 amide bonds. The summed E-state index contributed by atoms with van der Waals surface area (Å²) in [5, 5.41) is 0.775. The Balaban J connectivity index is 1.38. The summed E-state index contributed by atoms with van der Waals surface area (Å²) in [6, 6.07) is 14.5. The van der Waals surface area contributed by atoms with Crippen molar-refractivity contribution in [2.75, 3.05) is 49.1 Å². The number of halogens is 1. The van der Waals surface area contributed by atoms with E-state index in [-0.39, 0.29) is 5.91 Å². The molecule has 4 rings (SSSR count). The maximum absolute atomic E-state index is 12.9. The van der Waals surface area contributed by atoms with E-state index in [9.17, 15) is 4.79 Å². The molecule has 1 fully saturated rings. The van der Waals surface area contributed by atoms with Gasteiger partial charge in [-0.2, -0.15) is 0 Å². The molecule has 142 valence electrons. The van der Waals surface area contributed by atoms with E-state index in [1.54, 1.807) is 0 Å². The molecule has 4 nitrogen and oxygen atoms in total. The van der Waals surface area contributed by atoms with Crippen molar-refractivity contribution >= 4 is 28.9 Å². The molecule has 1 saturated heterocycles. The molecule has 0 saturated carbocycles. The fourth-order valence-corrected chi connectivity index (χ4v) is 4.39. The summed E-state index contributed by atoms with van der Waals surface area (Å²) in [6.45, 7) is 6.71. The quantitative estimate of drug-likeness (QED) is 0.807. The minimum absolute atomic E-state index is 0.224. The van der Waals surface area contributed by atoms with E-state index in [4.69, 9.17) is 11.6 Å². The summed E-state index contributed by atoms with van der Waals surface area (Å²) in [6.07, 6.45) is 2.22. The van der Waals surface area contributed by atoms with Crippen molar-refractivity contribution in [1.29, 1.82) is 0 Å². The third-order valence-electron chi connectivity index (χ3n) is 5.60. The smallest absolute Gasteiger partial charge is 0.242 e. The van der Waals surface area contributed by atoms with Crippen LogP contribution in [0.2, 0.25) is 5.02 Å². The van der Waals surface area contributed by atoms with E-state index in [1.807, 2.05) is 29.2 Å². The largest absolute Gasteiger partial charge is 0.367 e. The van der Waals surface area contributed by atoms with Crippen LogP contribution in [-0.4, -0.2) is 50.1 Å². The van der Waals surface area contributed by atoms with Crippen LogP contribution in [-0.2, 0) is 11.2 Å². The standard InChI is InChI=1S/C22H26ClN3O/c1-17-8-9-20-18(15-17)5-4-10-26(20)16-22(27)25-13-11-24(12-14-25)21-7-3-2-6-19(21)23/h2-3,6-9,15H,4-5,10-14,16H2,1H3. The molecule has 0 atom stereocenters. The van der Waals surface area contributed by atoms with Crippen LogP contribution in [0.4, 0.5) is 11.4 Å². The van der Waals surface area contributed by atoms with Gasteiger partial charge in [0.1, 0.15) is 0 Å². The van der Waals surface area contributed by atoms with Gasteiger partial charge in [-0.3, -0.25) is 4.79 Å². The first-order valence-electron chi connectivity index (χ1n) is 9.73. The number of rotatable bonds is 3. The minimum Gasteiger partial charge on any atom is -0.367 e. The third-order valence-corrected chi connectivity index (χ3v) is 5.92. The number of hydrogen-bond donors (Lipinski definition) is 0. The number of nitrogens with zero attached hydrogens (tertiary/aromatic N) is 3. The highest BCUT2D eigenvalue weighted by Gasteiger charge is 2.25. The summed E-state index contributed by atoms with van der Waals surface area (Å²) >= 11 is 6.32. The van der Waals surface area contributed by atoms with Crippen molar-refractivity contribution in [2.24, 2.45) is 0 Å². The molecule has 0 bridgehead atoms. The van der Waals surface area contributed by atoms with E-state index >= 15 is 0 Å². The molecule has 0 aliphatic carbocycles. The molecule has 0 radical (unpaired) electrons. The number of benzene rings is 2. The maximum atomic E-state index is 12.9. The highest BCUT2D eigenvalue weighted by molar-refractivity contribution is 6.33. The predicted octanol–water partition coefficient (Wildman–Crippen LogP) is 3.75. The minimum atomic E-state index is 0.224. The Hall–Kier alpha value is -2.20. The Morgan fingerprint density at radius 3 is 2.56 bits per heavy atom. The number of aryl methyl sites for hydroxylation is 2. The van der Waals surface area contributed by atoms with Crippen molar-refractivity contribution in [1.82, 2.24) is 4.90 Å². The molecule has 2 aromatic rings.